The minimum atomic E-state index is -0.984. The molecule has 1 aromatic carbocycles. The summed E-state index contributed by atoms with van der Waals surface area (Å²) in [6.45, 7) is 1.46. The van der Waals surface area contributed by atoms with Gasteiger partial charge in [-0.2, -0.15) is 0 Å². The Morgan fingerprint density at radius 3 is 2.76 bits per heavy atom. The summed E-state index contributed by atoms with van der Waals surface area (Å²) in [5.74, 6) is 4.96. The van der Waals surface area contributed by atoms with Crippen LogP contribution in [-0.2, 0) is 14.4 Å². The largest absolute Gasteiger partial charge is 0.484 e. The number of hydrogen-bond donors (Lipinski definition) is 2. The Labute approximate surface area is 148 Å². The molecule has 1 aromatic rings. The van der Waals surface area contributed by atoms with Gasteiger partial charge >= 0.3 is 5.97 Å². The van der Waals surface area contributed by atoms with Gasteiger partial charge in [0.1, 0.15) is 11.1 Å². The number of nitrogens with zero attached hydrogens (tertiary/aromatic N) is 2. The molecule has 2 saturated heterocycles. The molecular weight excluding hydrogens is 346 g/mol. The molecular formula is C16H19N3O5S. The molecule has 3 N–H and O–H groups in total. The zero-order valence-corrected chi connectivity index (χ0v) is 14.4. The molecule has 3 atom stereocenters. The molecule has 2 aliphatic heterocycles. The molecule has 0 spiro atoms. The summed E-state index contributed by atoms with van der Waals surface area (Å²) < 4.78 is 5.36. The number of ether oxygens (including phenoxy) is 1. The predicted octanol–water partition coefficient (Wildman–Crippen LogP) is 0.142. The lowest BCUT2D eigenvalue weighted by Crippen LogP contribution is -2.75. The number of carboxylic acids is 1. The van der Waals surface area contributed by atoms with E-state index in [1.165, 1.54) is 16.7 Å². The topological polar surface area (TPSA) is 113 Å². The number of carbonyl (C=O) groups excluding carboxylic acids is 2. The minimum absolute atomic E-state index is 0.123. The number of carbonyl (C=O) groups is 3. The predicted molar refractivity (Wildman–Crippen MR) is 90.5 cm³/mol. The fraction of sp³-hybridized carbons (Fsp3) is 0.438. The number of nitrogens with two attached hydrogens (primary N) is 1. The first kappa shape index (κ1) is 17.6. The number of amides is 2. The maximum absolute atomic E-state index is 12.3. The molecule has 0 radical (unpaired) electrons. The van der Waals surface area contributed by atoms with Gasteiger partial charge in [-0.15, -0.1) is 11.8 Å². The summed E-state index contributed by atoms with van der Waals surface area (Å²) in [5.41, 5.74) is -0.984. The summed E-state index contributed by atoms with van der Waals surface area (Å²) in [4.78, 5) is 37.4. The third-order valence-electron chi connectivity index (χ3n) is 4.41. The van der Waals surface area contributed by atoms with Crippen LogP contribution in [0.2, 0.25) is 0 Å². The lowest BCUT2D eigenvalue weighted by molar-refractivity contribution is -0.166. The molecule has 9 heteroatoms. The van der Waals surface area contributed by atoms with Crippen molar-refractivity contribution in [3.8, 4) is 5.75 Å². The van der Waals surface area contributed by atoms with Gasteiger partial charge in [-0.05, 0) is 19.1 Å². The highest BCUT2D eigenvalue weighted by Crippen LogP contribution is 2.43. The molecule has 0 aliphatic carbocycles. The van der Waals surface area contributed by atoms with Crippen LogP contribution in [0.3, 0.4) is 0 Å². The number of β-lactam (4-membered cyclic amide) rings is 1. The molecule has 2 unspecified atom stereocenters. The second-order valence-electron chi connectivity index (χ2n) is 6.38. The first-order chi connectivity index (χ1) is 11.8. The number of fused-ring (bicyclic) bond motifs is 1. The van der Waals surface area contributed by atoms with Gasteiger partial charge in [0, 0.05) is 12.3 Å². The Morgan fingerprint density at radius 2 is 2.12 bits per heavy atom. The molecule has 2 amide bonds. The van der Waals surface area contributed by atoms with Crippen molar-refractivity contribution in [3.05, 3.63) is 30.3 Å². The molecule has 8 nitrogen and oxygen atoms in total. The van der Waals surface area contributed by atoms with E-state index in [-0.39, 0.29) is 24.4 Å². The summed E-state index contributed by atoms with van der Waals surface area (Å²) in [5, 5.41) is 9.89. The summed E-state index contributed by atoms with van der Waals surface area (Å²) >= 11 is 1.33. The summed E-state index contributed by atoms with van der Waals surface area (Å²) in [6, 6.07) is 8.05. The standard InChI is InChI=1S/C16H19N3O5S/c1-16(15(22)23)8-18-13(21)12(14(18)25-9-16)19(17)11(20)7-24-10-5-3-2-4-6-10/h2-6,12,14H,7-9,17H2,1H3,(H,22,23)/t12?,14-,16?/m1/s1. The molecule has 134 valence electrons. The van der Waals surface area contributed by atoms with Crippen molar-refractivity contribution in [1.29, 1.82) is 0 Å². The Bertz CT molecular complexity index is 700. The fourth-order valence-electron chi connectivity index (χ4n) is 2.82. The monoisotopic (exact) mass is 365 g/mol. The molecule has 0 bridgehead atoms. The maximum atomic E-state index is 12.3. The molecule has 0 saturated carbocycles. The Kier molecular flexibility index (Phi) is 4.61. The number of aliphatic carboxylic acids is 1. The summed E-state index contributed by atoms with van der Waals surface area (Å²) in [7, 11) is 0. The summed E-state index contributed by atoms with van der Waals surface area (Å²) in [6.07, 6.45) is 0. The van der Waals surface area contributed by atoms with Gasteiger partial charge in [-0.3, -0.25) is 19.4 Å². The van der Waals surface area contributed by atoms with Gasteiger partial charge in [-0.25, -0.2) is 5.84 Å². The second kappa shape index (κ2) is 6.57. The number of hydrogen-bond acceptors (Lipinski definition) is 6. The van der Waals surface area contributed by atoms with E-state index in [0.717, 1.165) is 5.01 Å². The van der Waals surface area contributed by atoms with Crippen LogP contribution in [0.15, 0.2) is 30.3 Å². The SMILES string of the molecule is CC1(C(=O)O)CS[C@@H]2C(N(N)C(=O)COc3ccccc3)C(=O)N2C1. The average Bonchev–Trinajstić information content (AvgIpc) is 2.61. The minimum Gasteiger partial charge on any atom is -0.484 e. The Morgan fingerprint density at radius 1 is 1.44 bits per heavy atom. The van der Waals surface area contributed by atoms with Crippen LogP contribution < -0.4 is 10.6 Å². The maximum Gasteiger partial charge on any atom is 0.312 e. The van der Waals surface area contributed by atoms with E-state index >= 15 is 0 Å². The van der Waals surface area contributed by atoms with Crippen molar-refractivity contribution in [2.24, 2.45) is 11.3 Å². The zero-order chi connectivity index (χ0) is 18.2. The van der Waals surface area contributed by atoms with Crippen LogP contribution in [0.25, 0.3) is 0 Å². The first-order valence-corrected chi connectivity index (χ1v) is 8.78. The highest BCUT2D eigenvalue weighted by molar-refractivity contribution is 8.00. The molecule has 2 fully saturated rings. The van der Waals surface area contributed by atoms with Crippen LogP contribution in [0.4, 0.5) is 0 Å². The Hall–Kier alpha value is -2.26. The molecule has 3 rings (SSSR count). The van der Waals surface area contributed by atoms with Crippen molar-refractivity contribution in [2.45, 2.75) is 18.3 Å². The van der Waals surface area contributed by atoms with Gasteiger partial charge in [0.2, 0.25) is 0 Å². The van der Waals surface area contributed by atoms with Gasteiger partial charge < -0.3 is 14.7 Å². The van der Waals surface area contributed by atoms with Crippen LogP contribution in [0.5, 0.6) is 5.75 Å². The van der Waals surface area contributed by atoms with E-state index in [9.17, 15) is 19.5 Å². The van der Waals surface area contributed by atoms with Gasteiger partial charge in [0.05, 0.1) is 5.41 Å². The van der Waals surface area contributed by atoms with Crippen molar-refractivity contribution in [3.63, 3.8) is 0 Å². The van der Waals surface area contributed by atoms with Crippen molar-refractivity contribution in [1.82, 2.24) is 9.91 Å². The lowest BCUT2D eigenvalue weighted by atomic mass is 9.89. The van der Waals surface area contributed by atoms with Crippen LogP contribution >= 0.6 is 11.8 Å². The number of carboxylic acid groups (broad SMARTS) is 1. The number of thioether (sulfide) groups is 1. The second-order valence-corrected chi connectivity index (χ2v) is 7.49. The molecule has 2 aliphatic rings. The van der Waals surface area contributed by atoms with E-state index in [4.69, 9.17) is 10.6 Å². The highest BCUT2D eigenvalue weighted by atomic mass is 32.2. The smallest absolute Gasteiger partial charge is 0.312 e. The first-order valence-electron chi connectivity index (χ1n) is 7.73. The third-order valence-corrected chi connectivity index (χ3v) is 6.07. The van der Waals surface area contributed by atoms with Crippen molar-refractivity contribution in [2.75, 3.05) is 18.9 Å². The lowest BCUT2D eigenvalue weighted by Gasteiger charge is -2.54. The van der Waals surface area contributed by atoms with Gasteiger partial charge in [-0.1, -0.05) is 18.2 Å². The van der Waals surface area contributed by atoms with E-state index < -0.39 is 23.3 Å². The molecule has 0 aromatic heterocycles. The number of rotatable bonds is 5. The van der Waals surface area contributed by atoms with Gasteiger partial charge in [0.15, 0.2) is 12.6 Å². The normalized spacial score (nSPS) is 27.9. The van der Waals surface area contributed by atoms with Crippen LogP contribution in [-0.4, -0.2) is 63.1 Å². The Balaban J connectivity index is 1.59. The van der Waals surface area contributed by atoms with E-state index in [1.807, 2.05) is 6.07 Å². The third kappa shape index (κ3) is 3.16. The van der Waals surface area contributed by atoms with E-state index in [0.29, 0.717) is 11.5 Å². The van der Waals surface area contributed by atoms with Crippen LogP contribution in [0, 0.1) is 5.41 Å². The zero-order valence-electron chi connectivity index (χ0n) is 13.6. The van der Waals surface area contributed by atoms with Crippen molar-refractivity contribution >= 4 is 29.5 Å². The highest BCUT2D eigenvalue weighted by Gasteiger charge is 2.57. The number of hydrazine groups is 1. The van der Waals surface area contributed by atoms with E-state index in [2.05, 4.69) is 0 Å². The van der Waals surface area contributed by atoms with E-state index in [1.54, 1.807) is 31.2 Å². The number of benzene rings is 1. The molecule has 25 heavy (non-hydrogen) atoms. The number of para-hydroxylation sites is 1. The van der Waals surface area contributed by atoms with Crippen LogP contribution in [0.1, 0.15) is 6.92 Å². The quantitative estimate of drug-likeness (QED) is 0.330. The fourth-order valence-corrected chi connectivity index (χ4v) is 4.36. The van der Waals surface area contributed by atoms with Gasteiger partial charge in [0.25, 0.3) is 11.8 Å². The van der Waals surface area contributed by atoms with Crippen molar-refractivity contribution < 1.29 is 24.2 Å². The average molecular weight is 365 g/mol. The molecule has 2 heterocycles.